The summed E-state index contributed by atoms with van der Waals surface area (Å²) in [6, 6.07) is 10.8. The number of carbonyl (C=O) groups excluding carboxylic acids is 1. The summed E-state index contributed by atoms with van der Waals surface area (Å²) in [4.78, 5) is 40.5. The van der Waals surface area contributed by atoms with Gasteiger partial charge in [-0.1, -0.05) is 12.1 Å². The Bertz CT molecular complexity index is 1570. The van der Waals surface area contributed by atoms with Gasteiger partial charge in [-0.15, -0.1) is 0 Å². The van der Waals surface area contributed by atoms with Crippen LogP contribution in [0.15, 0.2) is 59.8 Å². The van der Waals surface area contributed by atoms with Crippen molar-refractivity contribution in [3.8, 4) is 22.6 Å². The molecular weight excluding hydrogens is 492 g/mol. The van der Waals surface area contributed by atoms with Crippen molar-refractivity contribution in [2.24, 2.45) is 5.92 Å². The molecule has 202 valence electrons. The van der Waals surface area contributed by atoms with Gasteiger partial charge < -0.3 is 19.6 Å². The largest absolute Gasteiger partial charge is 0.384 e. The second-order valence-corrected chi connectivity index (χ2v) is 11.0. The summed E-state index contributed by atoms with van der Waals surface area (Å²) < 4.78 is 3.71. The molecule has 4 aromatic heterocycles. The SMILES string of the molecule is Cc1c(-c2ccc(C(C)(C)O)nc2)cc(C(=O)Nc2cccc(-c3nccn3C(C)C)n2)c(=O)n1CC1CC1. The molecule has 1 amide bonds. The Hall–Kier alpha value is -4.11. The third-order valence-electron chi connectivity index (χ3n) is 7.09. The molecule has 5 rings (SSSR count). The van der Waals surface area contributed by atoms with Gasteiger partial charge in [-0.3, -0.25) is 14.6 Å². The lowest BCUT2D eigenvalue weighted by Crippen LogP contribution is -2.31. The number of nitrogens with one attached hydrogen (secondary N) is 1. The maximum Gasteiger partial charge on any atom is 0.263 e. The van der Waals surface area contributed by atoms with E-state index in [0.717, 1.165) is 29.7 Å². The first-order valence-electron chi connectivity index (χ1n) is 13.3. The van der Waals surface area contributed by atoms with E-state index in [1.807, 2.05) is 29.8 Å². The van der Waals surface area contributed by atoms with Gasteiger partial charge in [-0.2, -0.15) is 0 Å². The molecule has 9 nitrogen and oxygen atoms in total. The number of imidazole rings is 1. The van der Waals surface area contributed by atoms with E-state index in [-0.39, 0.29) is 17.2 Å². The van der Waals surface area contributed by atoms with Crippen molar-refractivity contribution in [3.05, 3.63) is 82.3 Å². The Morgan fingerprint density at radius 3 is 2.59 bits per heavy atom. The third kappa shape index (κ3) is 5.54. The van der Waals surface area contributed by atoms with Crippen LogP contribution in [0.1, 0.15) is 68.3 Å². The van der Waals surface area contributed by atoms with E-state index < -0.39 is 11.5 Å². The Balaban J connectivity index is 1.51. The fourth-order valence-corrected chi connectivity index (χ4v) is 4.64. The summed E-state index contributed by atoms with van der Waals surface area (Å²) in [5, 5.41) is 13.1. The molecule has 0 saturated heterocycles. The monoisotopic (exact) mass is 526 g/mol. The highest BCUT2D eigenvalue weighted by Gasteiger charge is 2.26. The molecule has 0 aromatic carbocycles. The van der Waals surface area contributed by atoms with Crippen LogP contribution in [0.3, 0.4) is 0 Å². The molecule has 0 radical (unpaired) electrons. The van der Waals surface area contributed by atoms with E-state index in [1.54, 1.807) is 55.1 Å². The first kappa shape index (κ1) is 26.5. The van der Waals surface area contributed by atoms with Crippen molar-refractivity contribution in [2.75, 3.05) is 5.32 Å². The second kappa shape index (κ2) is 10.2. The molecule has 2 N–H and O–H groups in total. The highest BCUT2D eigenvalue weighted by Crippen LogP contribution is 2.32. The first-order valence-corrected chi connectivity index (χ1v) is 13.3. The molecule has 39 heavy (non-hydrogen) atoms. The van der Waals surface area contributed by atoms with Crippen LogP contribution < -0.4 is 10.9 Å². The van der Waals surface area contributed by atoms with Gasteiger partial charge in [0.05, 0.1) is 5.69 Å². The maximum atomic E-state index is 13.5. The van der Waals surface area contributed by atoms with Crippen LogP contribution in [-0.2, 0) is 12.1 Å². The molecule has 0 bridgehead atoms. The summed E-state index contributed by atoms with van der Waals surface area (Å²) >= 11 is 0. The normalized spacial score (nSPS) is 13.6. The minimum Gasteiger partial charge on any atom is -0.384 e. The number of hydrogen-bond donors (Lipinski definition) is 2. The molecule has 0 atom stereocenters. The van der Waals surface area contributed by atoms with Gasteiger partial charge in [0.1, 0.15) is 22.7 Å². The second-order valence-electron chi connectivity index (χ2n) is 11.0. The van der Waals surface area contributed by atoms with Gasteiger partial charge >= 0.3 is 0 Å². The lowest BCUT2D eigenvalue weighted by atomic mass is 10.00. The summed E-state index contributed by atoms with van der Waals surface area (Å²) in [6.45, 7) is 9.94. The fourth-order valence-electron chi connectivity index (χ4n) is 4.64. The van der Waals surface area contributed by atoms with Crippen LogP contribution in [0, 0.1) is 12.8 Å². The zero-order valence-corrected chi connectivity index (χ0v) is 23.0. The van der Waals surface area contributed by atoms with Gasteiger partial charge in [0, 0.05) is 48.0 Å². The molecule has 4 aromatic rings. The van der Waals surface area contributed by atoms with Crippen molar-refractivity contribution in [2.45, 2.75) is 65.6 Å². The Kier molecular flexibility index (Phi) is 6.94. The van der Waals surface area contributed by atoms with Gasteiger partial charge in [-0.05, 0) is 77.6 Å². The molecule has 9 heteroatoms. The standard InChI is InChI=1S/C30H34N6O3/c1-18(2)35-14-13-31-27(35)24-7-6-8-26(33-24)34-28(37)23-15-22(19(3)36(29(23)38)17-20-9-10-20)21-11-12-25(32-16-21)30(4,5)39/h6-8,11-16,18,20,39H,9-10,17H2,1-5H3,(H,33,34,37). The van der Waals surface area contributed by atoms with Gasteiger partial charge in [0.2, 0.25) is 0 Å². The van der Waals surface area contributed by atoms with Crippen molar-refractivity contribution in [1.29, 1.82) is 0 Å². The Morgan fingerprint density at radius 2 is 1.95 bits per heavy atom. The van der Waals surface area contributed by atoms with Gasteiger partial charge in [-0.25, -0.2) is 9.97 Å². The van der Waals surface area contributed by atoms with Crippen molar-refractivity contribution < 1.29 is 9.90 Å². The number of carbonyl (C=O) groups is 1. The average molecular weight is 527 g/mol. The van der Waals surface area contributed by atoms with E-state index >= 15 is 0 Å². The number of hydrogen-bond acceptors (Lipinski definition) is 6. The zero-order chi connectivity index (χ0) is 27.9. The summed E-state index contributed by atoms with van der Waals surface area (Å²) in [6.07, 6.45) is 7.43. The number of aromatic nitrogens is 5. The zero-order valence-electron chi connectivity index (χ0n) is 23.0. The predicted molar refractivity (Wildman–Crippen MR) is 150 cm³/mol. The molecule has 0 unspecified atom stereocenters. The highest BCUT2D eigenvalue weighted by atomic mass is 16.3. The van der Waals surface area contributed by atoms with Crippen LogP contribution in [0.5, 0.6) is 0 Å². The quantitative estimate of drug-likeness (QED) is 0.336. The van der Waals surface area contributed by atoms with Gasteiger partial charge in [0.15, 0.2) is 5.82 Å². The molecule has 4 heterocycles. The topological polar surface area (TPSA) is 115 Å². The number of anilines is 1. The van der Waals surface area contributed by atoms with Crippen LogP contribution >= 0.6 is 0 Å². The molecule has 1 fully saturated rings. The highest BCUT2D eigenvalue weighted by molar-refractivity contribution is 6.04. The maximum absolute atomic E-state index is 13.5. The number of rotatable bonds is 8. The summed E-state index contributed by atoms with van der Waals surface area (Å²) in [5.74, 6) is 0.949. The van der Waals surface area contributed by atoms with Crippen LogP contribution in [0.25, 0.3) is 22.6 Å². The van der Waals surface area contributed by atoms with Crippen LogP contribution in [0.2, 0.25) is 0 Å². The molecule has 0 spiro atoms. The van der Waals surface area contributed by atoms with E-state index in [9.17, 15) is 14.7 Å². The average Bonchev–Trinajstić information content (AvgIpc) is 3.57. The van der Waals surface area contributed by atoms with Crippen LogP contribution in [0.4, 0.5) is 5.82 Å². The van der Waals surface area contributed by atoms with E-state index in [0.29, 0.717) is 35.5 Å². The number of nitrogens with zero attached hydrogens (tertiary/aromatic N) is 5. The lowest BCUT2D eigenvalue weighted by molar-refractivity contribution is 0.0739. The van der Waals surface area contributed by atoms with Crippen molar-refractivity contribution >= 4 is 11.7 Å². The summed E-state index contributed by atoms with van der Waals surface area (Å²) in [7, 11) is 0. The number of amides is 1. The smallest absolute Gasteiger partial charge is 0.263 e. The predicted octanol–water partition coefficient (Wildman–Crippen LogP) is 4.95. The van der Waals surface area contributed by atoms with Crippen LogP contribution in [-0.4, -0.2) is 35.1 Å². The summed E-state index contributed by atoms with van der Waals surface area (Å²) in [5.41, 5.74) is 2.10. The molecule has 1 aliphatic carbocycles. The number of aliphatic hydroxyl groups is 1. The van der Waals surface area contributed by atoms with E-state index in [4.69, 9.17) is 0 Å². The molecule has 0 aliphatic heterocycles. The Morgan fingerprint density at radius 1 is 1.18 bits per heavy atom. The Labute approximate surface area is 227 Å². The van der Waals surface area contributed by atoms with E-state index in [1.165, 1.54) is 0 Å². The first-order chi connectivity index (χ1) is 18.5. The fraction of sp³-hybridized carbons (Fsp3) is 0.367. The minimum atomic E-state index is -1.07. The molecular formula is C30H34N6O3. The van der Waals surface area contributed by atoms with Gasteiger partial charge in [0.25, 0.3) is 11.5 Å². The van der Waals surface area contributed by atoms with E-state index in [2.05, 4.69) is 34.1 Å². The molecule has 1 aliphatic rings. The van der Waals surface area contributed by atoms with Crippen molar-refractivity contribution in [1.82, 2.24) is 24.1 Å². The lowest BCUT2D eigenvalue weighted by Gasteiger charge is -2.19. The number of pyridine rings is 3. The molecule has 1 saturated carbocycles. The minimum absolute atomic E-state index is 0.0405. The third-order valence-corrected chi connectivity index (χ3v) is 7.09. The van der Waals surface area contributed by atoms with Crippen molar-refractivity contribution in [3.63, 3.8) is 0 Å².